The molecule has 1 aliphatic rings. The maximum Gasteiger partial charge on any atom is 0.251 e. The number of aliphatic hydroxyl groups is 1. The lowest BCUT2D eigenvalue weighted by Gasteiger charge is -2.26. The first-order valence-electron chi connectivity index (χ1n) is 7.01. The highest BCUT2D eigenvalue weighted by Crippen LogP contribution is 2.19. The zero-order chi connectivity index (χ0) is 14.4. The SMILES string of the molecule is C=CCOc1cccc(C(=O)NC2CCC(O)CC2)c1. The van der Waals surface area contributed by atoms with Crippen LogP contribution in [-0.4, -0.2) is 29.8 Å². The summed E-state index contributed by atoms with van der Waals surface area (Å²) in [5, 5.41) is 12.5. The zero-order valence-electron chi connectivity index (χ0n) is 11.5. The van der Waals surface area contributed by atoms with Crippen LogP contribution < -0.4 is 10.1 Å². The van der Waals surface area contributed by atoms with Gasteiger partial charge in [0.1, 0.15) is 12.4 Å². The first-order valence-corrected chi connectivity index (χ1v) is 7.01. The van der Waals surface area contributed by atoms with Gasteiger partial charge in [0.05, 0.1) is 6.10 Å². The lowest BCUT2D eigenvalue weighted by atomic mass is 9.93. The summed E-state index contributed by atoms with van der Waals surface area (Å²) in [6, 6.07) is 7.28. The van der Waals surface area contributed by atoms with E-state index in [0.717, 1.165) is 25.7 Å². The lowest BCUT2D eigenvalue weighted by molar-refractivity contribution is 0.0867. The molecular formula is C16H21NO3. The number of ether oxygens (including phenoxy) is 1. The van der Waals surface area contributed by atoms with Gasteiger partial charge in [-0.05, 0) is 43.9 Å². The number of amides is 1. The van der Waals surface area contributed by atoms with Crippen molar-refractivity contribution in [1.82, 2.24) is 5.32 Å². The molecule has 0 aromatic heterocycles. The molecule has 2 N–H and O–H groups in total. The van der Waals surface area contributed by atoms with E-state index in [4.69, 9.17) is 4.74 Å². The highest BCUT2D eigenvalue weighted by molar-refractivity contribution is 5.94. The van der Waals surface area contributed by atoms with Gasteiger partial charge in [-0.2, -0.15) is 0 Å². The number of carbonyl (C=O) groups is 1. The van der Waals surface area contributed by atoms with E-state index in [9.17, 15) is 9.90 Å². The van der Waals surface area contributed by atoms with Gasteiger partial charge in [-0.1, -0.05) is 18.7 Å². The average molecular weight is 275 g/mol. The van der Waals surface area contributed by atoms with Crippen LogP contribution in [0.5, 0.6) is 5.75 Å². The summed E-state index contributed by atoms with van der Waals surface area (Å²) in [5.74, 6) is 0.576. The molecular weight excluding hydrogens is 254 g/mol. The molecule has 0 bridgehead atoms. The van der Waals surface area contributed by atoms with Crippen LogP contribution in [0, 0.1) is 0 Å². The summed E-state index contributed by atoms with van der Waals surface area (Å²) in [6.07, 6.45) is 4.64. The minimum Gasteiger partial charge on any atom is -0.490 e. The third-order valence-electron chi connectivity index (χ3n) is 3.50. The van der Waals surface area contributed by atoms with E-state index in [2.05, 4.69) is 11.9 Å². The third-order valence-corrected chi connectivity index (χ3v) is 3.50. The molecule has 2 rings (SSSR count). The van der Waals surface area contributed by atoms with E-state index in [-0.39, 0.29) is 18.1 Å². The van der Waals surface area contributed by atoms with Crippen molar-refractivity contribution in [3.05, 3.63) is 42.5 Å². The molecule has 108 valence electrons. The van der Waals surface area contributed by atoms with Crippen LogP contribution >= 0.6 is 0 Å². The van der Waals surface area contributed by atoms with E-state index in [1.807, 2.05) is 6.07 Å². The Morgan fingerprint density at radius 2 is 2.15 bits per heavy atom. The van der Waals surface area contributed by atoms with Gasteiger partial charge in [0, 0.05) is 11.6 Å². The molecule has 1 amide bonds. The van der Waals surface area contributed by atoms with Crippen molar-refractivity contribution in [2.24, 2.45) is 0 Å². The van der Waals surface area contributed by atoms with E-state index < -0.39 is 0 Å². The fourth-order valence-corrected chi connectivity index (χ4v) is 2.37. The minimum atomic E-state index is -0.209. The Morgan fingerprint density at radius 1 is 1.40 bits per heavy atom. The number of rotatable bonds is 5. The Morgan fingerprint density at radius 3 is 2.85 bits per heavy atom. The summed E-state index contributed by atoms with van der Waals surface area (Å²) >= 11 is 0. The van der Waals surface area contributed by atoms with Crippen LogP contribution in [0.15, 0.2) is 36.9 Å². The predicted octanol–water partition coefficient (Wildman–Crippen LogP) is 2.28. The molecule has 0 spiro atoms. The van der Waals surface area contributed by atoms with Gasteiger partial charge in [0.15, 0.2) is 0 Å². The first kappa shape index (κ1) is 14.6. The second-order valence-electron chi connectivity index (χ2n) is 5.11. The normalized spacial score (nSPS) is 22.1. The predicted molar refractivity (Wildman–Crippen MR) is 77.9 cm³/mol. The van der Waals surface area contributed by atoms with Crippen LogP contribution in [0.2, 0.25) is 0 Å². The number of benzene rings is 1. The Kier molecular flexibility index (Phi) is 5.18. The van der Waals surface area contributed by atoms with Crippen molar-refractivity contribution in [2.45, 2.75) is 37.8 Å². The van der Waals surface area contributed by atoms with Crippen molar-refractivity contribution in [3.8, 4) is 5.75 Å². The van der Waals surface area contributed by atoms with Gasteiger partial charge < -0.3 is 15.2 Å². The third kappa shape index (κ3) is 4.10. The topological polar surface area (TPSA) is 58.6 Å². The Labute approximate surface area is 119 Å². The maximum atomic E-state index is 12.2. The molecule has 1 aromatic carbocycles. The van der Waals surface area contributed by atoms with Crippen molar-refractivity contribution in [3.63, 3.8) is 0 Å². The van der Waals surface area contributed by atoms with Crippen molar-refractivity contribution < 1.29 is 14.6 Å². The fourth-order valence-electron chi connectivity index (χ4n) is 2.37. The fraction of sp³-hybridized carbons (Fsp3) is 0.438. The Hall–Kier alpha value is -1.81. The number of carbonyl (C=O) groups excluding carboxylic acids is 1. The van der Waals surface area contributed by atoms with Crippen LogP contribution in [0.25, 0.3) is 0 Å². The van der Waals surface area contributed by atoms with Gasteiger partial charge >= 0.3 is 0 Å². The zero-order valence-corrected chi connectivity index (χ0v) is 11.5. The van der Waals surface area contributed by atoms with Crippen LogP contribution in [0.1, 0.15) is 36.0 Å². The molecule has 0 saturated heterocycles. The molecule has 0 unspecified atom stereocenters. The van der Waals surface area contributed by atoms with E-state index in [1.165, 1.54) is 0 Å². The molecule has 0 heterocycles. The second-order valence-corrected chi connectivity index (χ2v) is 5.11. The van der Waals surface area contributed by atoms with E-state index in [1.54, 1.807) is 24.3 Å². The van der Waals surface area contributed by atoms with Crippen molar-refractivity contribution in [1.29, 1.82) is 0 Å². The lowest BCUT2D eigenvalue weighted by Crippen LogP contribution is -2.38. The summed E-state index contributed by atoms with van der Waals surface area (Å²) in [6.45, 7) is 4.01. The highest BCUT2D eigenvalue weighted by Gasteiger charge is 2.21. The number of nitrogens with one attached hydrogen (secondary N) is 1. The molecule has 1 aliphatic carbocycles. The summed E-state index contributed by atoms with van der Waals surface area (Å²) < 4.78 is 5.42. The summed E-state index contributed by atoms with van der Waals surface area (Å²) in [7, 11) is 0. The molecule has 1 aromatic rings. The smallest absolute Gasteiger partial charge is 0.251 e. The van der Waals surface area contributed by atoms with Crippen molar-refractivity contribution >= 4 is 5.91 Å². The van der Waals surface area contributed by atoms with Gasteiger partial charge in [-0.25, -0.2) is 0 Å². The molecule has 4 nitrogen and oxygen atoms in total. The molecule has 1 saturated carbocycles. The molecule has 0 atom stereocenters. The van der Waals surface area contributed by atoms with Crippen LogP contribution in [0.3, 0.4) is 0 Å². The number of hydrogen-bond donors (Lipinski definition) is 2. The molecule has 20 heavy (non-hydrogen) atoms. The quantitative estimate of drug-likeness (QED) is 0.811. The summed E-state index contributed by atoms with van der Waals surface area (Å²) in [5.41, 5.74) is 0.595. The standard InChI is InChI=1S/C16H21NO3/c1-2-10-20-15-5-3-4-12(11-15)16(19)17-13-6-8-14(18)9-7-13/h2-5,11,13-14,18H,1,6-10H2,(H,17,19). The largest absolute Gasteiger partial charge is 0.490 e. The van der Waals surface area contributed by atoms with Gasteiger partial charge in [-0.3, -0.25) is 4.79 Å². The Balaban J connectivity index is 1.93. The molecule has 1 fully saturated rings. The number of aliphatic hydroxyl groups excluding tert-OH is 1. The number of hydrogen-bond acceptors (Lipinski definition) is 3. The van der Waals surface area contributed by atoms with Crippen molar-refractivity contribution in [2.75, 3.05) is 6.61 Å². The van der Waals surface area contributed by atoms with Gasteiger partial charge in [0.25, 0.3) is 5.91 Å². The molecule has 0 aliphatic heterocycles. The van der Waals surface area contributed by atoms with Gasteiger partial charge in [-0.15, -0.1) is 0 Å². The van der Waals surface area contributed by atoms with Crippen LogP contribution in [-0.2, 0) is 0 Å². The van der Waals surface area contributed by atoms with E-state index >= 15 is 0 Å². The average Bonchev–Trinajstić information content (AvgIpc) is 2.48. The van der Waals surface area contributed by atoms with Crippen LogP contribution in [0.4, 0.5) is 0 Å². The van der Waals surface area contributed by atoms with E-state index in [0.29, 0.717) is 17.9 Å². The second kappa shape index (κ2) is 7.10. The summed E-state index contributed by atoms with van der Waals surface area (Å²) in [4.78, 5) is 12.2. The monoisotopic (exact) mass is 275 g/mol. The minimum absolute atomic E-state index is 0.0876. The molecule has 4 heteroatoms. The highest BCUT2D eigenvalue weighted by atomic mass is 16.5. The Bertz CT molecular complexity index is 465. The first-order chi connectivity index (χ1) is 9.69. The van der Waals surface area contributed by atoms with Gasteiger partial charge in [0.2, 0.25) is 0 Å². The maximum absolute atomic E-state index is 12.2. The molecule has 0 radical (unpaired) electrons.